The molecule has 5 rings (SSSR count). The van der Waals surface area contributed by atoms with Gasteiger partial charge in [0.05, 0.1) is 5.56 Å². The van der Waals surface area contributed by atoms with E-state index in [9.17, 15) is 18.8 Å². The van der Waals surface area contributed by atoms with Crippen LogP contribution in [0.4, 0.5) is 10.1 Å². The number of carbonyl (C=O) groups is 3. The Labute approximate surface area is 273 Å². The van der Waals surface area contributed by atoms with Crippen LogP contribution in [-0.4, -0.2) is 57.0 Å². The maximum Gasteiger partial charge on any atom is 0.251 e. The van der Waals surface area contributed by atoms with E-state index >= 15 is 0 Å². The van der Waals surface area contributed by atoms with Gasteiger partial charge in [-0.05, 0) is 117 Å². The largest absolute Gasteiger partial charge is 0.350 e. The maximum absolute atomic E-state index is 14.9. The van der Waals surface area contributed by atoms with Crippen molar-refractivity contribution in [3.05, 3.63) is 83.2 Å². The molecule has 1 saturated carbocycles. The highest BCUT2D eigenvalue weighted by molar-refractivity contribution is 5.98. The fraction of sp³-hybridized carbons (Fsp3) is 0.371. The lowest BCUT2D eigenvalue weighted by Gasteiger charge is -2.28. The number of nitrogens with two attached hydrogens (primary N) is 1. The second-order valence-corrected chi connectivity index (χ2v) is 12.5. The molecule has 0 aliphatic heterocycles. The van der Waals surface area contributed by atoms with Crippen LogP contribution in [0.25, 0.3) is 22.5 Å². The lowest BCUT2D eigenvalue weighted by Crippen LogP contribution is -2.48. The summed E-state index contributed by atoms with van der Waals surface area (Å²) in [4.78, 5) is 39.4. The lowest BCUT2D eigenvalue weighted by molar-refractivity contribution is -0.130. The smallest absolute Gasteiger partial charge is 0.251 e. The van der Waals surface area contributed by atoms with E-state index in [1.807, 2.05) is 63.2 Å². The van der Waals surface area contributed by atoms with Crippen molar-refractivity contribution in [1.29, 1.82) is 0 Å². The third-order valence-corrected chi connectivity index (χ3v) is 8.62. The molecule has 3 aromatic carbocycles. The van der Waals surface area contributed by atoms with Crippen LogP contribution in [0.3, 0.4) is 0 Å². The Hall–Kier alpha value is -4.97. The van der Waals surface area contributed by atoms with Crippen LogP contribution in [0.1, 0.15) is 61.0 Å². The van der Waals surface area contributed by atoms with Crippen LogP contribution in [0.2, 0.25) is 0 Å². The van der Waals surface area contributed by atoms with Gasteiger partial charge in [-0.2, -0.15) is 5.21 Å². The average molecular weight is 641 g/mol. The quantitative estimate of drug-likeness (QED) is 0.160. The van der Waals surface area contributed by atoms with Gasteiger partial charge in [-0.3, -0.25) is 14.4 Å². The van der Waals surface area contributed by atoms with Gasteiger partial charge in [0.25, 0.3) is 5.91 Å². The molecule has 1 aliphatic carbocycles. The molecule has 0 spiro atoms. The lowest BCUT2D eigenvalue weighted by atomic mass is 9.81. The Morgan fingerprint density at radius 2 is 1.68 bits per heavy atom. The van der Waals surface area contributed by atoms with E-state index in [0.717, 1.165) is 47.9 Å². The summed E-state index contributed by atoms with van der Waals surface area (Å²) in [6.07, 6.45) is 3.42. The number of carbonyl (C=O) groups excluding carboxylic acids is 3. The van der Waals surface area contributed by atoms with Gasteiger partial charge < -0.3 is 21.7 Å². The number of H-pyrrole nitrogens is 1. The van der Waals surface area contributed by atoms with E-state index in [-0.39, 0.29) is 47.3 Å². The van der Waals surface area contributed by atoms with Gasteiger partial charge in [0.1, 0.15) is 11.9 Å². The molecule has 0 saturated heterocycles. The standard InChI is InChI=1S/C35H41FN8O3/c1-20(2)38-34(46)26-12-14-28(21(3)16-26)24-8-4-22(5-9-24)17-31(40-33(45)25-10-6-23(19-37)7-11-25)35(47)39-27-13-15-29(30(36)18-27)32-41-43-44-42-32/h4-5,8-9,12-16,18,20,23,25,31H,6-7,10-11,17,19,37H2,1-3H3,(H,38,46)(H,39,47)(H,40,45)(H,41,42,43,44)/t23?,25?,31-/m0/s1. The first kappa shape index (κ1) is 33.4. The first-order chi connectivity index (χ1) is 22.6. The van der Waals surface area contributed by atoms with Crippen molar-refractivity contribution in [3.63, 3.8) is 0 Å². The van der Waals surface area contributed by atoms with Crippen LogP contribution in [0.5, 0.6) is 0 Å². The van der Waals surface area contributed by atoms with Crippen molar-refractivity contribution >= 4 is 23.4 Å². The Balaban J connectivity index is 1.32. The van der Waals surface area contributed by atoms with E-state index in [1.165, 1.54) is 12.1 Å². The minimum absolute atomic E-state index is 0.0429. The number of hydrogen-bond donors (Lipinski definition) is 5. The highest BCUT2D eigenvalue weighted by Crippen LogP contribution is 2.29. The molecule has 6 N–H and O–H groups in total. The van der Waals surface area contributed by atoms with Crippen LogP contribution in [0.15, 0.2) is 60.7 Å². The zero-order valence-corrected chi connectivity index (χ0v) is 26.8. The molecule has 0 bridgehead atoms. The van der Waals surface area contributed by atoms with Gasteiger partial charge in [0, 0.05) is 29.6 Å². The molecule has 3 amide bonds. The molecular formula is C35H41FN8O3. The number of anilines is 1. The van der Waals surface area contributed by atoms with E-state index < -0.39 is 17.8 Å². The summed E-state index contributed by atoms with van der Waals surface area (Å²) in [6.45, 7) is 6.41. The van der Waals surface area contributed by atoms with E-state index in [2.05, 4.69) is 36.6 Å². The molecule has 1 fully saturated rings. The Morgan fingerprint density at radius 3 is 2.30 bits per heavy atom. The predicted molar refractivity (Wildman–Crippen MR) is 178 cm³/mol. The molecule has 1 atom stereocenters. The summed E-state index contributed by atoms with van der Waals surface area (Å²) in [6, 6.07) is 16.7. The molecule has 1 aliphatic rings. The van der Waals surface area contributed by atoms with Gasteiger partial charge in [0.2, 0.25) is 17.6 Å². The number of aromatic nitrogens is 4. The summed E-state index contributed by atoms with van der Waals surface area (Å²) < 4.78 is 14.9. The van der Waals surface area contributed by atoms with Gasteiger partial charge >= 0.3 is 0 Å². The van der Waals surface area contributed by atoms with E-state index in [1.54, 1.807) is 6.07 Å². The van der Waals surface area contributed by atoms with Crippen molar-refractivity contribution in [2.24, 2.45) is 17.6 Å². The monoisotopic (exact) mass is 640 g/mol. The minimum Gasteiger partial charge on any atom is -0.350 e. The Morgan fingerprint density at radius 1 is 0.957 bits per heavy atom. The van der Waals surface area contributed by atoms with Crippen molar-refractivity contribution in [3.8, 4) is 22.5 Å². The number of nitrogens with zero attached hydrogens (tertiary/aromatic N) is 3. The first-order valence-electron chi connectivity index (χ1n) is 16.0. The van der Waals surface area contributed by atoms with Gasteiger partial charge in [0.15, 0.2) is 0 Å². The predicted octanol–water partition coefficient (Wildman–Crippen LogP) is 4.55. The number of amides is 3. The summed E-state index contributed by atoms with van der Waals surface area (Å²) in [5, 5.41) is 22.0. The van der Waals surface area contributed by atoms with Crippen molar-refractivity contribution in [2.45, 2.75) is 65.0 Å². The first-order valence-corrected chi connectivity index (χ1v) is 16.0. The third kappa shape index (κ3) is 8.44. The number of benzene rings is 3. The summed E-state index contributed by atoms with van der Waals surface area (Å²) >= 11 is 0. The highest BCUT2D eigenvalue weighted by Gasteiger charge is 2.29. The Kier molecular flexibility index (Phi) is 10.7. The molecule has 246 valence electrons. The molecule has 1 heterocycles. The summed E-state index contributed by atoms with van der Waals surface area (Å²) in [5.41, 5.74) is 10.5. The maximum atomic E-state index is 14.9. The zero-order chi connectivity index (χ0) is 33.5. The second kappa shape index (κ2) is 15.1. The fourth-order valence-electron chi connectivity index (χ4n) is 5.97. The topological polar surface area (TPSA) is 168 Å². The number of aromatic amines is 1. The van der Waals surface area contributed by atoms with Crippen LogP contribution in [-0.2, 0) is 16.0 Å². The van der Waals surface area contributed by atoms with Gasteiger partial charge in [-0.25, -0.2) is 4.39 Å². The number of rotatable bonds is 11. The normalized spacial score (nSPS) is 16.8. The SMILES string of the molecule is Cc1cc(C(=O)NC(C)C)ccc1-c1ccc(C[C@H](NC(=O)C2CCC(CN)CC2)C(=O)Nc2ccc(-c3nn[nH]n3)c(F)c2)cc1. The summed E-state index contributed by atoms with van der Waals surface area (Å²) in [7, 11) is 0. The van der Waals surface area contributed by atoms with Crippen LogP contribution < -0.4 is 21.7 Å². The number of nitrogens with one attached hydrogen (secondary N) is 4. The van der Waals surface area contributed by atoms with Crippen molar-refractivity contribution in [1.82, 2.24) is 31.3 Å². The van der Waals surface area contributed by atoms with Crippen molar-refractivity contribution in [2.75, 3.05) is 11.9 Å². The van der Waals surface area contributed by atoms with Crippen LogP contribution >= 0.6 is 0 Å². The number of tetrazole rings is 1. The van der Waals surface area contributed by atoms with E-state index in [4.69, 9.17) is 5.73 Å². The van der Waals surface area contributed by atoms with E-state index in [0.29, 0.717) is 18.0 Å². The molecule has 0 radical (unpaired) electrons. The fourth-order valence-corrected chi connectivity index (χ4v) is 5.97. The Bertz CT molecular complexity index is 1700. The molecule has 0 unspecified atom stereocenters. The zero-order valence-electron chi connectivity index (χ0n) is 26.8. The molecule has 1 aromatic heterocycles. The highest BCUT2D eigenvalue weighted by atomic mass is 19.1. The third-order valence-electron chi connectivity index (χ3n) is 8.62. The van der Waals surface area contributed by atoms with Crippen molar-refractivity contribution < 1.29 is 18.8 Å². The average Bonchev–Trinajstić information content (AvgIpc) is 3.59. The van der Waals surface area contributed by atoms with Crippen LogP contribution in [0, 0.1) is 24.6 Å². The minimum atomic E-state index is -0.902. The number of halogens is 1. The van der Waals surface area contributed by atoms with Gasteiger partial charge in [-0.1, -0.05) is 30.3 Å². The molecule has 12 heteroatoms. The molecule has 47 heavy (non-hydrogen) atoms. The molecular weight excluding hydrogens is 599 g/mol. The molecule has 11 nitrogen and oxygen atoms in total. The summed E-state index contributed by atoms with van der Waals surface area (Å²) in [5.74, 6) is -1.06. The van der Waals surface area contributed by atoms with Gasteiger partial charge in [-0.15, -0.1) is 10.2 Å². The second-order valence-electron chi connectivity index (χ2n) is 12.5. The number of hydrogen-bond acceptors (Lipinski definition) is 7. The number of aryl methyl sites for hydroxylation is 1. The molecule has 4 aromatic rings.